The molecule has 0 spiro atoms. The highest BCUT2D eigenvalue weighted by Crippen LogP contribution is 2.13. The van der Waals surface area contributed by atoms with Crippen LogP contribution in [-0.2, 0) is 11.2 Å². The molecule has 84 valence electrons. The Bertz CT molecular complexity index is 469. The summed E-state index contributed by atoms with van der Waals surface area (Å²) in [5.74, 6) is 0.145. The van der Waals surface area contributed by atoms with E-state index in [0.29, 0.717) is 6.42 Å². The second-order valence-electron chi connectivity index (χ2n) is 4.02. The number of carbonyl (C=O) groups excluding carboxylic acids is 1. The predicted octanol–water partition coefficient (Wildman–Crippen LogP) is 1.58. The molecule has 4 nitrogen and oxygen atoms in total. The Hall–Kier alpha value is -1.84. The highest BCUT2D eigenvalue weighted by atomic mass is 16.2. The van der Waals surface area contributed by atoms with Crippen LogP contribution in [0.15, 0.2) is 24.4 Å². The molecule has 0 unspecified atom stereocenters. The van der Waals surface area contributed by atoms with Crippen LogP contribution in [0.3, 0.4) is 0 Å². The molecule has 0 aliphatic rings. The van der Waals surface area contributed by atoms with Crippen LogP contribution in [0.2, 0.25) is 0 Å². The van der Waals surface area contributed by atoms with Gasteiger partial charge in [-0.1, -0.05) is 0 Å². The van der Waals surface area contributed by atoms with E-state index in [4.69, 9.17) is 0 Å². The summed E-state index contributed by atoms with van der Waals surface area (Å²) in [5.41, 5.74) is 3.04. The molecule has 0 fully saturated rings. The van der Waals surface area contributed by atoms with E-state index in [1.54, 1.807) is 25.2 Å². The summed E-state index contributed by atoms with van der Waals surface area (Å²) in [6.45, 7) is 0. The van der Waals surface area contributed by atoms with Crippen LogP contribution in [0.4, 0.5) is 0 Å². The molecule has 0 bridgehead atoms. The molecule has 2 aromatic rings. The smallest absolute Gasteiger partial charge is 0.222 e. The summed E-state index contributed by atoms with van der Waals surface area (Å²) >= 11 is 0. The van der Waals surface area contributed by atoms with Gasteiger partial charge in [0.05, 0.1) is 11.0 Å². The van der Waals surface area contributed by atoms with Crippen LogP contribution in [0, 0.1) is 0 Å². The largest absolute Gasteiger partial charge is 0.357 e. The Balaban J connectivity index is 2.07. The van der Waals surface area contributed by atoms with Crippen molar-refractivity contribution in [2.24, 2.45) is 0 Å². The van der Waals surface area contributed by atoms with Gasteiger partial charge in [-0.15, -0.1) is 0 Å². The number of hydrogen-bond acceptors (Lipinski definition) is 2. The van der Waals surface area contributed by atoms with Crippen molar-refractivity contribution in [1.82, 2.24) is 14.9 Å². The van der Waals surface area contributed by atoms with Gasteiger partial charge < -0.3 is 9.88 Å². The summed E-state index contributed by atoms with van der Waals surface area (Å²) in [4.78, 5) is 20.5. The number of nitrogens with one attached hydrogen (secondary N) is 1. The zero-order valence-electron chi connectivity index (χ0n) is 9.53. The molecule has 2 heterocycles. The average molecular weight is 217 g/mol. The van der Waals surface area contributed by atoms with Gasteiger partial charge in [0.25, 0.3) is 0 Å². The Morgan fingerprint density at radius 2 is 2.31 bits per heavy atom. The topological polar surface area (TPSA) is 49.0 Å². The van der Waals surface area contributed by atoms with Gasteiger partial charge in [-0.05, 0) is 24.6 Å². The maximum Gasteiger partial charge on any atom is 0.222 e. The first-order valence-corrected chi connectivity index (χ1v) is 5.29. The van der Waals surface area contributed by atoms with Crippen molar-refractivity contribution >= 4 is 16.9 Å². The van der Waals surface area contributed by atoms with E-state index in [1.165, 1.54) is 0 Å². The number of nitrogens with zero attached hydrogens (tertiary/aromatic N) is 2. The molecular weight excluding hydrogens is 202 g/mol. The molecule has 2 aromatic heterocycles. The van der Waals surface area contributed by atoms with Crippen molar-refractivity contribution in [2.45, 2.75) is 12.8 Å². The van der Waals surface area contributed by atoms with Crippen LogP contribution in [0.5, 0.6) is 0 Å². The third-order valence-corrected chi connectivity index (χ3v) is 2.55. The van der Waals surface area contributed by atoms with Crippen molar-refractivity contribution in [2.75, 3.05) is 14.1 Å². The summed E-state index contributed by atoms with van der Waals surface area (Å²) in [6, 6.07) is 5.88. The van der Waals surface area contributed by atoms with E-state index >= 15 is 0 Å². The molecule has 0 aromatic carbocycles. The molecule has 4 heteroatoms. The predicted molar refractivity (Wildman–Crippen MR) is 63.1 cm³/mol. The molecule has 0 radical (unpaired) electrons. The Labute approximate surface area is 94.3 Å². The van der Waals surface area contributed by atoms with Gasteiger partial charge in [-0.2, -0.15) is 0 Å². The Kier molecular flexibility index (Phi) is 2.90. The normalized spacial score (nSPS) is 10.6. The number of fused-ring (bicyclic) bond motifs is 1. The van der Waals surface area contributed by atoms with E-state index in [2.05, 4.69) is 9.97 Å². The molecule has 1 N–H and O–H groups in total. The van der Waals surface area contributed by atoms with Crippen molar-refractivity contribution < 1.29 is 4.79 Å². The number of hydrogen-bond donors (Lipinski definition) is 1. The zero-order chi connectivity index (χ0) is 11.5. The number of amides is 1. The maximum atomic E-state index is 11.4. The zero-order valence-corrected chi connectivity index (χ0v) is 9.53. The molecule has 2 rings (SSSR count). The summed E-state index contributed by atoms with van der Waals surface area (Å²) in [5, 5.41) is 0. The van der Waals surface area contributed by atoms with Gasteiger partial charge >= 0.3 is 0 Å². The van der Waals surface area contributed by atoms with Crippen molar-refractivity contribution in [1.29, 1.82) is 0 Å². The molecule has 0 aliphatic carbocycles. The molecule has 1 amide bonds. The van der Waals surface area contributed by atoms with Crippen molar-refractivity contribution in [3.8, 4) is 0 Å². The highest BCUT2D eigenvalue weighted by Gasteiger charge is 2.06. The second kappa shape index (κ2) is 4.35. The van der Waals surface area contributed by atoms with Crippen LogP contribution in [-0.4, -0.2) is 34.9 Å². The maximum absolute atomic E-state index is 11.4. The summed E-state index contributed by atoms with van der Waals surface area (Å²) < 4.78 is 0. The number of H-pyrrole nitrogens is 1. The van der Waals surface area contributed by atoms with Crippen LogP contribution < -0.4 is 0 Å². The number of pyridine rings is 1. The minimum atomic E-state index is 0.145. The molecular formula is C12H15N3O. The van der Waals surface area contributed by atoms with E-state index in [9.17, 15) is 4.79 Å². The van der Waals surface area contributed by atoms with E-state index < -0.39 is 0 Å². The van der Waals surface area contributed by atoms with E-state index in [-0.39, 0.29) is 5.91 Å². The first-order valence-electron chi connectivity index (χ1n) is 5.29. The molecule has 0 atom stereocenters. The Morgan fingerprint density at radius 1 is 1.50 bits per heavy atom. The minimum Gasteiger partial charge on any atom is -0.357 e. The lowest BCUT2D eigenvalue weighted by Gasteiger charge is -2.08. The van der Waals surface area contributed by atoms with Gasteiger partial charge in [0.15, 0.2) is 0 Å². The average Bonchev–Trinajstić information content (AvgIpc) is 2.68. The minimum absolute atomic E-state index is 0.145. The fourth-order valence-electron chi connectivity index (χ4n) is 1.61. The number of rotatable bonds is 3. The quantitative estimate of drug-likeness (QED) is 0.848. The summed E-state index contributed by atoms with van der Waals surface area (Å²) in [7, 11) is 3.55. The van der Waals surface area contributed by atoms with Gasteiger partial charge in [0.2, 0.25) is 5.91 Å². The highest BCUT2D eigenvalue weighted by molar-refractivity contribution is 5.77. The van der Waals surface area contributed by atoms with Crippen LogP contribution in [0.1, 0.15) is 12.1 Å². The first-order chi connectivity index (χ1) is 7.66. The number of aromatic nitrogens is 2. The number of carbonyl (C=O) groups is 1. The second-order valence-corrected chi connectivity index (χ2v) is 4.02. The molecule has 0 saturated carbocycles. The van der Waals surface area contributed by atoms with E-state index in [1.807, 2.05) is 18.2 Å². The van der Waals surface area contributed by atoms with Crippen molar-refractivity contribution in [3.05, 3.63) is 30.1 Å². The van der Waals surface area contributed by atoms with Gasteiger partial charge in [-0.3, -0.25) is 9.78 Å². The molecule has 0 saturated heterocycles. The van der Waals surface area contributed by atoms with Crippen LogP contribution in [0.25, 0.3) is 11.0 Å². The number of aromatic amines is 1. The van der Waals surface area contributed by atoms with E-state index in [0.717, 1.165) is 23.1 Å². The van der Waals surface area contributed by atoms with Gasteiger partial charge in [-0.25, -0.2) is 0 Å². The first kappa shape index (κ1) is 10.7. The number of aryl methyl sites for hydroxylation is 1. The van der Waals surface area contributed by atoms with Crippen molar-refractivity contribution in [3.63, 3.8) is 0 Å². The molecule has 0 aliphatic heterocycles. The third kappa shape index (κ3) is 2.21. The lowest BCUT2D eigenvalue weighted by molar-refractivity contribution is -0.128. The summed E-state index contributed by atoms with van der Waals surface area (Å²) in [6.07, 6.45) is 3.03. The standard InChI is InChI=1S/C12H15N3O/c1-15(2)12(16)6-5-9-8-11-10(14-9)4-3-7-13-11/h3-4,7-8,14H,5-6H2,1-2H3. The lowest BCUT2D eigenvalue weighted by Crippen LogP contribution is -2.21. The fraction of sp³-hybridized carbons (Fsp3) is 0.333. The molecule has 16 heavy (non-hydrogen) atoms. The van der Waals surface area contributed by atoms with Gasteiger partial charge in [0, 0.05) is 32.4 Å². The Morgan fingerprint density at radius 3 is 3.00 bits per heavy atom. The van der Waals surface area contributed by atoms with Gasteiger partial charge in [0.1, 0.15) is 0 Å². The monoisotopic (exact) mass is 217 g/mol. The fourth-order valence-corrected chi connectivity index (χ4v) is 1.61. The third-order valence-electron chi connectivity index (χ3n) is 2.55. The SMILES string of the molecule is CN(C)C(=O)CCc1cc2ncccc2[nH]1. The van der Waals surface area contributed by atoms with Crippen LogP contribution >= 0.6 is 0 Å². The lowest BCUT2D eigenvalue weighted by atomic mass is 10.2.